The number of carbonyl (C=O) groups is 2. The Balaban J connectivity index is 1.56. The van der Waals surface area contributed by atoms with Crippen molar-refractivity contribution in [3.05, 3.63) is 71.8 Å². The molecule has 2 fully saturated rings. The Kier molecular flexibility index (Phi) is 6.80. The second kappa shape index (κ2) is 9.90. The fraction of sp³-hybridized carbons (Fsp3) is 0.440. The quantitative estimate of drug-likeness (QED) is 0.770. The van der Waals surface area contributed by atoms with Gasteiger partial charge >= 0.3 is 0 Å². The van der Waals surface area contributed by atoms with E-state index < -0.39 is 6.04 Å². The van der Waals surface area contributed by atoms with Crippen LogP contribution in [0, 0.1) is 0 Å². The van der Waals surface area contributed by atoms with E-state index in [1.54, 1.807) is 0 Å². The van der Waals surface area contributed by atoms with Gasteiger partial charge in [0, 0.05) is 19.5 Å². The minimum absolute atomic E-state index is 0.0398. The van der Waals surface area contributed by atoms with Crippen LogP contribution < -0.4 is 5.32 Å². The number of amides is 2. The van der Waals surface area contributed by atoms with E-state index in [1.807, 2.05) is 65.6 Å². The normalized spacial score (nSPS) is 18.9. The van der Waals surface area contributed by atoms with Gasteiger partial charge in [-0.05, 0) is 49.9 Å². The third-order valence-electron chi connectivity index (χ3n) is 6.18. The number of hydrogen-bond acceptors (Lipinski definition) is 3. The molecule has 30 heavy (non-hydrogen) atoms. The molecule has 5 heteroatoms. The van der Waals surface area contributed by atoms with E-state index >= 15 is 0 Å². The summed E-state index contributed by atoms with van der Waals surface area (Å²) in [6.45, 7) is 3.40. The second-order valence-corrected chi connectivity index (χ2v) is 8.34. The van der Waals surface area contributed by atoms with Crippen molar-refractivity contribution < 1.29 is 9.59 Å². The molecule has 2 aromatic carbocycles. The van der Waals surface area contributed by atoms with Gasteiger partial charge in [0.15, 0.2) is 0 Å². The zero-order chi connectivity index (χ0) is 20.8. The average Bonchev–Trinajstić information content (AvgIpc) is 3.49. The lowest BCUT2D eigenvalue weighted by molar-refractivity contribution is -0.137. The van der Waals surface area contributed by atoms with Gasteiger partial charge in [0.1, 0.15) is 12.1 Å². The first-order valence-corrected chi connectivity index (χ1v) is 11.1. The zero-order valence-electron chi connectivity index (χ0n) is 17.5. The number of likely N-dealkylation sites (tertiary alicyclic amines) is 2. The van der Waals surface area contributed by atoms with Crippen LogP contribution in [0.5, 0.6) is 0 Å². The predicted octanol–water partition coefficient (Wildman–Crippen LogP) is 3.17. The first kappa shape index (κ1) is 20.6. The summed E-state index contributed by atoms with van der Waals surface area (Å²) in [5.41, 5.74) is 2.05. The SMILES string of the molecule is O=C(NC(Cc1ccccc1)C(=O)N1CCCC1)C(c1ccccc1)N1CCCC1. The Labute approximate surface area is 179 Å². The zero-order valence-corrected chi connectivity index (χ0v) is 17.5. The van der Waals surface area contributed by atoms with Crippen molar-refractivity contribution >= 4 is 11.8 Å². The lowest BCUT2D eigenvalue weighted by Crippen LogP contribution is -2.51. The van der Waals surface area contributed by atoms with E-state index in [0.717, 1.165) is 63.0 Å². The van der Waals surface area contributed by atoms with E-state index in [4.69, 9.17) is 0 Å². The molecule has 2 amide bonds. The second-order valence-electron chi connectivity index (χ2n) is 8.34. The van der Waals surface area contributed by atoms with Gasteiger partial charge in [-0.2, -0.15) is 0 Å². The smallest absolute Gasteiger partial charge is 0.245 e. The van der Waals surface area contributed by atoms with Gasteiger partial charge in [-0.25, -0.2) is 0 Å². The van der Waals surface area contributed by atoms with Crippen LogP contribution in [0.25, 0.3) is 0 Å². The molecule has 5 nitrogen and oxygen atoms in total. The molecule has 0 radical (unpaired) electrons. The molecule has 2 heterocycles. The molecule has 2 atom stereocenters. The van der Waals surface area contributed by atoms with Crippen molar-refractivity contribution in [3.8, 4) is 0 Å². The first-order valence-electron chi connectivity index (χ1n) is 11.1. The molecule has 2 aromatic rings. The molecule has 1 N–H and O–H groups in total. The first-order chi connectivity index (χ1) is 14.7. The van der Waals surface area contributed by atoms with Crippen molar-refractivity contribution in [2.24, 2.45) is 0 Å². The monoisotopic (exact) mass is 405 g/mol. The molecule has 0 aromatic heterocycles. The van der Waals surface area contributed by atoms with Crippen molar-refractivity contribution in [1.29, 1.82) is 0 Å². The molecule has 0 saturated carbocycles. The molecular formula is C25H31N3O2. The molecule has 2 saturated heterocycles. The van der Waals surface area contributed by atoms with Crippen LogP contribution in [0.2, 0.25) is 0 Å². The van der Waals surface area contributed by atoms with Gasteiger partial charge in [0.25, 0.3) is 0 Å². The number of benzene rings is 2. The van der Waals surface area contributed by atoms with E-state index in [9.17, 15) is 9.59 Å². The highest BCUT2D eigenvalue weighted by Gasteiger charge is 2.34. The minimum atomic E-state index is -0.535. The Morgan fingerprint density at radius 1 is 0.800 bits per heavy atom. The molecule has 0 aliphatic carbocycles. The Bertz CT molecular complexity index is 828. The number of rotatable bonds is 7. The summed E-state index contributed by atoms with van der Waals surface area (Å²) < 4.78 is 0. The topological polar surface area (TPSA) is 52.7 Å². The molecule has 2 unspecified atom stereocenters. The molecule has 2 aliphatic rings. The summed E-state index contributed by atoms with van der Waals surface area (Å²) in [5, 5.41) is 3.15. The van der Waals surface area contributed by atoms with Crippen LogP contribution >= 0.6 is 0 Å². The van der Waals surface area contributed by atoms with Crippen molar-refractivity contribution in [1.82, 2.24) is 15.1 Å². The van der Waals surface area contributed by atoms with E-state index in [2.05, 4.69) is 10.2 Å². The van der Waals surface area contributed by atoms with Crippen LogP contribution in [0.4, 0.5) is 0 Å². The Morgan fingerprint density at radius 3 is 2.00 bits per heavy atom. The van der Waals surface area contributed by atoms with Crippen LogP contribution in [0.3, 0.4) is 0 Å². The molecule has 4 rings (SSSR count). The van der Waals surface area contributed by atoms with Crippen LogP contribution in [0.15, 0.2) is 60.7 Å². The highest BCUT2D eigenvalue weighted by Crippen LogP contribution is 2.26. The fourth-order valence-corrected chi connectivity index (χ4v) is 4.62. The maximum atomic E-state index is 13.5. The molecular weight excluding hydrogens is 374 g/mol. The molecule has 158 valence electrons. The van der Waals surface area contributed by atoms with E-state index in [0.29, 0.717) is 6.42 Å². The number of nitrogens with zero attached hydrogens (tertiary/aromatic N) is 2. The summed E-state index contributed by atoms with van der Waals surface area (Å²) in [6, 6.07) is 19.0. The molecule has 2 aliphatic heterocycles. The van der Waals surface area contributed by atoms with Crippen LogP contribution in [-0.2, 0) is 16.0 Å². The third kappa shape index (κ3) is 4.90. The summed E-state index contributed by atoms with van der Waals surface area (Å²) in [4.78, 5) is 30.9. The van der Waals surface area contributed by atoms with Gasteiger partial charge < -0.3 is 10.2 Å². The number of hydrogen-bond donors (Lipinski definition) is 1. The summed E-state index contributed by atoms with van der Waals surface area (Å²) in [5.74, 6) is -0.0329. The number of nitrogens with one attached hydrogen (secondary N) is 1. The number of carbonyl (C=O) groups excluding carboxylic acids is 2. The maximum absolute atomic E-state index is 13.5. The van der Waals surface area contributed by atoms with Gasteiger partial charge in [-0.1, -0.05) is 60.7 Å². The Morgan fingerprint density at radius 2 is 1.37 bits per heavy atom. The highest BCUT2D eigenvalue weighted by molar-refractivity contribution is 5.90. The van der Waals surface area contributed by atoms with Gasteiger partial charge in [0.05, 0.1) is 0 Å². The van der Waals surface area contributed by atoms with Crippen molar-refractivity contribution in [2.45, 2.75) is 44.2 Å². The lowest BCUT2D eigenvalue weighted by Gasteiger charge is -2.30. The van der Waals surface area contributed by atoms with E-state index in [1.165, 1.54) is 0 Å². The lowest BCUT2D eigenvalue weighted by atomic mass is 10.0. The van der Waals surface area contributed by atoms with Crippen LogP contribution in [-0.4, -0.2) is 53.8 Å². The largest absolute Gasteiger partial charge is 0.342 e. The summed E-state index contributed by atoms with van der Waals surface area (Å²) in [6.07, 6.45) is 4.81. The van der Waals surface area contributed by atoms with Gasteiger partial charge in [-0.3, -0.25) is 14.5 Å². The maximum Gasteiger partial charge on any atom is 0.245 e. The summed E-state index contributed by atoms with van der Waals surface area (Å²) in [7, 11) is 0. The third-order valence-corrected chi connectivity index (χ3v) is 6.18. The van der Waals surface area contributed by atoms with Gasteiger partial charge in [0.2, 0.25) is 11.8 Å². The fourth-order valence-electron chi connectivity index (χ4n) is 4.62. The van der Waals surface area contributed by atoms with Crippen molar-refractivity contribution in [2.75, 3.05) is 26.2 Å². The van der Waals surface area contributed by atoms with Crippen LogP contribution in [0.1, 0.15) is 42.9 Å². The van der Waals surface area contributed by atoms with E-state index in [-0.39, 0.29) is 17.9 Å². The average molecular weight is 406 g/mol. The highest BCUT2D eigenvalue weighted by atomic mass is 16.2. The van der Waals surface area contributed by atoms with Gasteiger partial charge in [-0.15, -0.1) is 0 Å². The minimum Gasteiger partial charge on any atom is -0.342 e. The van der Waals surface area contributed by atoms with Crippen molar-refractivity contribution in [3.63, 3.8) is 0 Å². The molecule has 0 bridgehead atoms. The Hall–Kier alpha value is -2.66. The summed E-state index contributed by atoms with van der Waals surface area (Å²) >= 11 is 0. The molecule has 0 spiro atoms. The predicted molar refractivity (Wildman–Crippen MR) is 118 cm³/mol. The standard InChI is InChI=1S/C25H31N3O2/c29-24(23(27-15-7-8-16-27)21-13-5-2-6-14-21)26-22(19-20-11-3-1-4-12-20)25(30)28-17-9-10-18-28/h1-6,11-14,22-23H,7-10,15-19H2,(H,26,29).